The molecule has 1 aromatic rings. The van der Waals surface area contributed by atoms with Gasteiger partial charge in [0.15, 0.2) is 5.78 Å². The Labute approximate surface area is 170 Å². The third-order valence-electron chi connectivity index (χ3n) is 6.52. The van der Waals surface area contributed by atoms with Gasteiger partial charge in [0, 0.05) is 33.2 Å². The molecular formula is C23H34N2O2S. The first-order valence-corrected chi connectivity index (χ1v) is 12.0. The number of allylic oxidation sites excluding steroid dienone is 1. The van der Waals surface area contributed by atoms with E-state index in [1.165, 1.54) is 5.56 Å². The van der Waals surface area contributed by atoms with Gasteiger partial charge in [-0.1, -0.05) is 19.9 Å². The summed E-state index contributed by atoms with van der Waals surface area (Å²) in [6.45, 7) is 8.66. The molecule has 0 radical (unpaired) electrons. The van der Waals surface area contributed by atoms with Crippen LogP contribution >= 0.6 is 0 Å². The number of carbonyl (C=O) groups is 1. The van der Waals surface area contributed by atoms with Gasteiger partial charge >= 0.3 is 0 Å². The van der Waals surface area contributed by atoms with Crippen molar-refractivity contribution in [1.29, 1.82) is 0 Å². The van der Waals surface area contributed by atoms with Gasteiger partial charge in [-0.25, -0.2) is 8.93 Å². The SMILES string of the molecule is C=S(=O)(NC)c1ccc2c(c1)/C(=C/C(=O)C1(CC)CCC(C)C1)NC(C)(C)C2. The van der Waals surface area contributed by atoms with E-state index in [0.29, 0.717) is 10.8 Å². The van der Waals surface area contributed by atoms with E-state index in [4.69, 9.17) is 0 Å². The molecule has 4 nitrogen and oxygen atoms in total. The summed E-state index contributed by atoms with van der Waals surface area (Å²) >= 11 is 0. The van der Waals surface area contributed by atoms with Gasteiger partial charge in [0.1, 0.15) is 0 Å². The molecule has 28 heavy (non-hydrogen) atoms. The van der Waals surface area contributed by atoms with E-state index >= 15 is 0 Å². The second kappa shape index (κ2) is 7.34. The molecule has 1 aliphatic heterocycles. The molecule has 3 atom stereocenters. The minimum Gasteiger partial charge on any atom is -0.379 e. The molecule has 1 fully saturated rings. The Bertz CT molecular complexity index is 915. The number of fused-ring (bicyclic) bond motifs is 1. The average molecular weight is 403 g/mol. The fraction of sp³-hybridized carbons (Fsp3) is 0.565. The molecule has 0 spiro atoms. The van der Waals surface area contributed by atoms with Crippen LogP contribution in [0.5, 0.6) is 0 Å². The lowest BCUT2D eigenvalue weighted by molar-refractivity contribution is -0.123. The number of ketones is 1. The molecule has 0 amide bonds. The molecule has 0 aromatic heterocycles. The predicted octanol–water partition coefficient (Wildman–Crippen LogP) is 3.95. The summed E-state index contributed by atoms with van der Waals surface area (Å²) in [4.78, 5) is 14.0. The zero-order chi connectivity index (χ0) is 20.7. The van der Waals surface area contributed by atoms with Crippen LogP contribution in [0.25, 0.3) is 5.70 Å². The highest BCUT2D eigenvalue weighted by Gasteiger charge is 2.41. The fourth-order valence-electron chi connectivity index (χ4n) is 4.75. The topological polar surface area (TPSA) is 58.2 Å². The number of rotatable bonds is 5. The van der Waals surface area contributed by atoms with Gasteiger partial charge in [-0.3, -0.25) is 4.79 Å². The third kappa shape index (κ3) is 3.92. The molecule has 1 heterocycles. The van der Waals surface area contributed by atoms with E-state index in [9.17, 15) is 9.00 Å². The molecule has 5 heteroatoms. The van der Waals surface area contributed by atoms with E-state index in [2.05, 4.69) is 43.6 Å². The number of hydrogen-bond donors (Lipinski definition) is 2. The van der Waals surface area contributed by atoms with Crippen molar-refractivity contribution in [3.8, 4) is 0 Å². The molecule has 2 aliphatic rings. The standard InChI is InChI=1S/C23H34N2O2S/c1-7-23(11-10-16(2)14-23)21(26)13-20-19-12-18(28(6,27)24-5)9-8-17(19)15-22(3,4)25-20/h8-9,12-13,16,25H,6-7,10-11,14-15H2,1-5H3,(H,24,27)/b20-13-. The molecule has 1 saturated carbocycles. The van der Waals surface area contributed by atoms with Crippen LogP contribution in [-0.4, -0.2) is 28.4 Å². The van der Waals surface area contributed by atoms with Gasteiger partial charge in [-0.15, -0.1) is 0 Å². The Balaban J connectivity index is 2.07. The van der Waals surface area contributed by atoms with Gasteiger partial charge in [0.25, 0.3) is 0 Å². The number of carbonyl (C=O) groups excluding carboxylic acids is 1. The van der Waals surface area contributed by atoms with Crippen molar-refractivity contribution < 1.29 is 9.00 Å². The quantitative estimate of drug-likeness (QED) is 0.579. The second-order valence-corrected chi connectivity index (χ2v) is 11.5. The molecular weight excluding hydrogens is 368 g/mol. The fourth-order valence-corrected chi connectivity index (χ4v) is 5.58. The summed E-state index contributed by atoms with van der Waals surface area (Å²) in [5.41, 5.74) is 2.60. The summed E-state index contributed by atoms with van der Waals surface area (Å²) in [5.74, 6) is 4.65. The van der Waals surface area contributed by atoms with Gasteiger partial charge < -0.3 is 5.32 Å². The van der Waals surface area contributed by atoms with Gasteiger partial charge in [-0.2, -0.15) is 0 Å². The molecule has 1 aliphatic carbocycles. The normalized spacial score (nSPS) is 29.8. The van der Waals surface area contributed by atoms with Crippen molar-refractivity contribution >= 4 is 27.1 Å². The summed E-state index contributed by atoms with van der Waals surface area (Å²) in [7, 11) is -0.886. The van der Waals surface area contributed by atoms with Crippen LogP contribution in [0.3, 0.4) is 0 Å². The van der Waals surface area contributed by atoms with Crippen LogP contribution in [0.2, 0.25) is 0 Å². The highest BCUT2D eigenvalue weighted by Crippen LogP contribution is 2.45. The van der Waals surface area contributed by atoms with Crippen molar-refractivity contribution in [2.24, 2.45) is 11.3 Å². The summed E-state index contributed by atoms with van der Waals surface area (Å²) in [5, 5.41) is 3.56. The van der Waals surface area contributed by atoms with Crippen molar-refractivity contribution in [2.45, 2.75) is 70.2 Å². The smallest absolute Gasteiger partial charge is 0.163 e. The Kier molecular flexibility index (Phi) is 5.54. The maximum absolute atomic E-state index is 13.4. The zero-order valence-electron chi connectivity index (χ0n) is 17.9. The van der Waals surface area contributed by atoms with E-state index < -0.39 is 9.71 Å². The molecule has 3 rings (SSSR count). The Morgan fingerprint density at radius 3 is 2.71 bits per heavy atom. The van der Waals surface area contributed by atoms with Crippen LogP contribution in [-0.2, 0) is 20.9 Å². The van der Waals surface area contributed by atoms with Gasteiger partial charge in [0.2, 0.25) is 0 Å². The third-order valence-corrected chi connectivity index (χ3v) is 8.19. The number of nitrogens with one attached hydrogen (secondary N) is 2. The van der Waals surface area contributed by atoms with Crippen molar-refractivity contribution in [3.63, 3.8) is 0 Å². The molecule has 0 bridgehead atoms. The van der Waals surface area contributed by atoms with Gasteiger partial charge in [-0.05, 0) is 82.5 Å². The average Bonchev–Trinajstić information content (AvgIpc) is 3.03. The van der Waals surface area contributed by atoms with Crippen LogP contribution in [0.1, 0.15) is 64.5 Å². The molecule has 1 aromatic carbocycles. The van der Waals surface area contributed by atoms with Crippen molar-refractivity contribution in [2.75, 3.05) is 7.05 Å². The van der Waals surface area contributed by atoms with Crippen LogP contribution < -0.4 is 10.0 Å². The lowest BCUT2D eigenvalue weighted by Gasteiger charge is -2.36. The summed E-state index contributed by atoms with van der Waals surface area (Å²) < 4.78 is 15.5. The minimum atomic E-state index is -2.54. The minimum absolute atomic E-state index is 0.141. The molecule has 0 saturated heterocycles. The van der Waals surface area contributed by atoms with E-state index in [1.54, 1.807) is 7.05 Å². The Morgan fingerprint density at radius 1 is 1.43 bits per heavy atom. The maximum atomic E-state index is 13.4. The lowest BCUT2D eigenvalue weighted by atomic mass is 9.77. The number of hydrogen-bond acceptors (Lipinski definition) is 3. The summed E-state index contributed by atoms with van der Waals surface area (Å²) in [6, 6.07) is 5.84. The zero-order valence-corrected chi connectivity index (χ0v) is 18.7. The highest BCUT2D eigenvalue weighted by atomic mass is 32.2. The van der Waals surface area contributed by atoms with E-state index in [1.807, 2.05) is 24.3 Å². The van der Waals surface area contributed by atoms with Crippen molar-refractivity contribution in [1.82, 2.24) is 10.0 Å². The maximum Gasteiger partial charge on any atom is 0.163 e. The first kappa shape index (κ1) is 21.1. The highest BCUT2D eigenvalue weighted by molar-refractivity contribution is 7.98. The first-order chi connectivity index (χ1) is 13.0. The van der Waals surface area contributed by atoms with E-state index in [0.717, 1.165) is 43.4 Å². The van der Waals surface area contributed by atoms with Gasteiger partial charge in [0.05, 0.1) is 9.71 Å². The Morgan fingerprint density at radius 2 is 2.14 bits per heavy atom. The van der Waals surface area contributed by atoms with Crippen LogP contribution in [0.15, 0.2) is 29.2 Å². The lowest BCUT2D eigenvalue weighted by Crippen LogP contribution is -2.44. The summed E-state index contributed by atoms with van der Waals surface area (Å²) in [6.07, 6.45) is 6.60. The van der Waals surface area contributed by atoms with Crippen LogP contribution in [0.4, 0.5) is 0 Å². The first-order valence-electron chi connectivity index (χ1n) is 10.3. The Hall–Kier alpha value is -1.59. The molecule has 3 unspecified atom stereocenters. The second-order valence-electron chi connectivity index (χ2n) is 9.29. The monoisotopic (exact) mass is 402 g/mol. The molecule has 154 valence electrons. The largest absolute Gasteiger partial charge is 0.379 e. The predicted molar refractivity (Wildman–Crippen MR) is 119 cm³/mol. The molecule has 2 N–H and O–H groups in total. The van der Waals surface area contributed by atoms with Crippen molar-refractivity contribution in [3.05, 3.63) is 35.4 Å². The number of benzene rings is 1. The van der Waals surface area contributed by atoms with E-state index in [-0.39, 0.29) is 16.7 Å². The van der Waals surface area contributed by atoms with Crippen LogP contribution in [0, 0.1) is 11.3 Å².